The predicted molar refractivity (Wildman–Crippen MR) is 109 cm³/mol. The van der Waals surface area contributed by atoms with Crippen LogP contribution in [0, 0.1) is 5.92 Å². The molecular weight excluding hydrogens is 378 g/mol. The number of pyridine rings is 1. The first-order valence-electron chi connectivity index (χ1n) is 9.78. The summed E-state index contributed by atoms with van der Waals surface area (Å²) < 4.78 is 27.6. The van der Waals surface area contributed by atoms with E-state index in [-0.39, 0.29) is 16.4 Å². The fourth-order valence-electron chi connectivity index (χ4n) is 3.43. The van der Waals surface area contributed by atoms with Gasteiger partial charge in [0.15, 0.2) is 0 Å². The molecule has 152 valence electrons. The van der Waals surface area contributed by atoms with Crippen molar-refractivity contribution in [2.24, 2.45) is 5.92 Å². The van der Waals surface area contributed by atoms with Crippen LogP contribution < -0.4 is 10.9 Å². The second kappa shape index (κ2) is 8.45. The number of hydrogen-bond acceptors (Lipinski definition) is 4. The fraction of sp³-hybridized carbons (Fsp3) is 0.500. The van der Waals surface area contributed by atoms with E-state index < -0.39 is 15.6 Å². The topological polar surface area (TPSA) is 99.3 Å². The van der Waals surface area contributed by atoms with Crippen molar-refractivity contribution in [3.8, 4) is 0 Å². The molecule has 0 saturated carbocycles. The van der Waals surface area contributed by atoms with E-state index in [9.17, 15) is 18.0 Å². The number of hydrogen-bond donors (Lipinski definition) is 2. The minimum absolute atomic E-state index is 0.143. The maximum absolute atomic E-state index is 13.1. The quantitative estimate of drug-likeness (QED) is 0.721. The molecule has 7 nitrogen and oxygen atoms in total. The van der Waals surface area contributed by atoms with Gasteiger partial charge in [-0.1, -0.05) is 20.3 Å². The Morgan fingerprint density at radius 1 is 1.25 bits per heavy atom. The van der Waals surface area contributed by atoms with Crippen molar-refractivity contribution in [3.63, 3.8) is 0 Å². The van der Waals surface area contributed by atoms with E-state index in [1.54, 1.807) is 6.07 Å². The van der Waals surface area contributed by atoms with Crippen molar-refractivity contribution in [3.05, 3.63) is 40.2 Å². The molecule has 1 saturated heterocycles. The lowest BCUT2D eigenvalue weighted by atomic mass is 10.0. The smallest absolute Gasteiger partial charge is 0.252 e. The lowest BCUT2D eigenvalue weighted by molar-refractivity contribution is 0.0954. The molecule has 0 atom stereocenters. The average molecular weight is 406 g/mol. The molecule has 2 heterocycles. The number of fused-ring (bicyclic) bond motifs is 1. The van der Waals surface area contributed by atoms with Gasteiger partial charge in [-0.2, -0.15) is 4.31 Å². The maximum atomic E-state index is 13.1. The van der Waals surface area contributed by atoms with Crippen LogP contribution in [0.2, 0.25) is 0 Å². The second-order valence-electron chi connectivity index (χ2n) is 7.45. The van der Waals surface area contributed by atoms with Crippen molar-refractivity contribution in [2.75, 3.05) is 19.6 Å². The lowest BCUT2D eigenvalue weighted by Crippen LogP contribution is -2.37. The molecule has 0 spiro atoms. The summed E-state index contributed by atoms with van der Waals surface area (Å²) in [5.74, 6) is 0.150. The SMILES string of the molecule is CCCCNC(=O)c1cc(=O)[nH]c2ccc(S(=O)(=O)N3CCC(C)CC3)cc12. The summed E-state index contributed by atoms with van der Waals surface area (Å²) in [5, 5.41) is 3.22. The van der Waals surface area contributed by atoms with Gasteiger partial charge in [-0.25, -0.2) is 8.42 Å². The number of H-pyrrole nitrogens is 1. The van der Waals surface area contributed by atoms with E-state index in [2.05, 4.69) is 17.2 Å². The predicted octanol–water partition coefficient (Wildman–Crippen LogP) is 2.48. The average Bonchev–Trinajstić information content (AvgIpc) is 2.67. The highest BCUT2D eigenvalue weighted by molar-refractivity contribution is 7.89. The second-order valence-corrected chi connectivity index (χ2v) is 9.39. The number of benzene rings is 1. The third-order valence-electron chi connectivity index (χ3n) is 5.26. The number of sulfonamides is 1. The summed E-state index contributed by atoms with van der Waals surface area (Å²) in [4.78, 5) is 27.3. The Balaban J connectivity index is 2.00. The molecule has 0 bridgehead atoms. The summed E-state index contributed by atoms with van der Waals surface area (Å²) in [5.41, 5.74) is 0.243. The van der Waals surface area contributed by atoms with E-state index in [0.717, 1.165) is 25.7 Å². The third kappa shape index (κ3) is 4.28. The van der Waals surface area contributed by atoms with Crippen LogP contribution in [0.15, 0.2) is 34.0 Å². The summed E-state index contributed by atoms with van der Waals surface area (Å²) in [7, 11) is -3.64. The first-order valence-corrected chi connectivity index (χ1v) is 11.2. The van der Waals surface area contributed by atoms with Crippen molar-refractivity contribution in [1.29, 1.82) is 0 Å². The van der Waals surface area contributed by atoms with Crippen LogP contribution in [0.5, 0.6) is 0 Å². The number of nitrogens with one attached hydrogen (secondary N) is 2. The van der Waals surface area contributed by atoms with Gasteiger partial charge >= 0.3 is 0 Å². The molecule has 28 heavy (non-hydrogen) atoms. The molecule has 3 rings (SSSR count). The number of carbonyl (C=O) groups excluding carboxylic acids is 1. The Morgan fingerprint density at radius 2 is 1.96 bits per heavy atom. The molecule has 0 radical (unpaired) electrons. The van der Waals surface area contributed by atoms with Crippen LogP contribution in [0.25, 0.3) is 10.9 Å². The zero-order valence-electron chi connectivity index (χ0n) is 16.3. The Kier molecular flexibility index (Phi) is 6.20. The summed E-state index contributed by atoms with van der Waals surface area (Å²) in [6.07, 6.45) is 3.45. The number of piperidine rings is 1. The van der Waals surface area contributed by atoms with Crippen molar-refractivity contribution in [1.82, 2.24) is 14.6 Å². The molecule has 1 aliphatic rings. The molecule has 2 N–H and O–H groups in total. The minimum atomic E-state index is -3.64. The summed E-state index contributed by atoms with van der Waals surface area (Å²) in [6, 6.07) is 5.76. The van der Waals surface area contributed by atoms with Gasteiger partial charge in [0, 0.05) is 36.6 Å². The maximum Gasteiger partial charge on any atom is 0.252 e. The van der Waals surface area contributed by atoms with Crippen LogP contribution >= 0.6 is 0 Å². The van der Waals surface area contributed by atoms with Gasteiger partial charge in [0.05, 0.1) is 10.5 Å². The van der Waals surface area contributed by atoms with Gasteiger partial charge in [-0.3, -0.25) is 9.59 Å². The van der Waals surface area contributed by atoms with Gasteiger partial charge in [0.25, 0.3) is 5.91 Å². The number of nitrogens with zero attached hydrogens (tertiary/aromatic N) is 1. The van der Waals surface area contributed by atoms with Crippen LogP contribution in [0.4, 0.5) is 0 Å². The van der Waals surface area contributed by atoms with Crippen molar-refractivity contribution >= 4 is 26.8 Å². The number of rotatable bonds is 6. The van der Waals surface area contributed by atoms with Crippen LogP contribution in [0.3, 0.4) is 0 Å². The van der Waals surface area contributed by atoms with E-state index in [1.165, 1.54) is 22.5 Å². The molecule has 1 amide bonds. The fourth-order valence-corrected chi connectivity index (χ4v) is 4.93. The number of aromatic amines is 1. The third-order valence-corrected chi connectivity index (χ3v) is 7.15. The molecule has 2 aromatic rings. The number of carbonyl (C=O) groups is 1. The normalized spacial score (nSPS) is 16.4. The van der Waals surface area contributed by atoms with Gasteiger partial charge in [0.1, 0.15) is 0 Å². The van der Waals surface area contributed by atoms with Crippen molar-refractivity contribution < 1.29 is 13.2 Å². The first-order chi connectivity index (χ1) is 13.3. The van der Waals surface area contributed by atoms with E-state index in [1.807, 2.05) is 6.92 Å². The zero-order chi connectivity index (χ0) is 20.3. The number of unbranched alkanes of at least 4 members (excludes halogenated alkanes) is 1. The minimum Gasteiger partial charge on any atom is -0.352 e. The molecule has 0 aliphatic carbocycles. The number of aromatic nitrogens is 1. The van der Waals surface area contributed by atoms with Gasteiger partial charge in [0.2, 0.25) is 15.6 Å². The Morgan fingerprint density at radius 3 is 2.64 bits per heavy atom. The Bertz CT molecular complexity index is 1020. The summed E-state index contributed by atoms with van der Waals surface area (Å²) >= 11 is 0. The first kappa shape index (κ1) is 20.5. The highest BCUT2D eigenvalue weighted by Gasteiger charge is 2.28. The summed E-state index contributed by atoms with van der Waals surface area (Å²) in [6.45, 7) is 5.65. The largest absolute Gasteiger partial charge is 0.352 e. The van der Waals surface area contributed by atoms with Crippen LogP contribution in [-0.2, 0) is 10.0 Å². The van der Waals surface area contributed by atoms with Crippen molar-refractivity contribution in [2.45, 2.75) is 44.4 Å². The Hall–Kier alpha value is -2.19. The van der Waals surface area contributed by atoms with E-state index >= 15 is 0 Å². The number of amides is 1. The van der Waals surface area contributed by atoms with Gasteiger partial charge in [-0.05, 0) is 43.4 Å². The van der Waals surface area contributed by atoms with Crippen LogP contribution in [-0.4, -0.2) is 43.2 Å². The van der Waals surface area contributed by atoms with Gasteiger partial charge < -0.3 is 10.3 Å². The highest BCUT2D eigenvalue weighted by Crippen LogP contribution is 2.26. The zero-order valence-corrected chi connectivity index (χ0v) is 17.1. The molecule has 1 fully saturated rings. The van der Waals surface area contributed by atoms with E-state index in [4.69, 9.17) is 0 Å². The van der Waals surface area contributed by atoms with E-state index in [0.29, 0.717) is 36.5 Å². The molecule has 8 heteroatoms. The molecule has 1 aliphatic heterocycles. The molecule has 0 unspecified atom stereocenters. The lowest BCUT2D eigenvalue weighted by Gasteiger charge is -2.29. The highest BCUT2D eigenvalue weighted by atomic mass is 32.2. The van der Waals surface area contributed by atoms with Crippen LogP contribution in [0.1, 0.15) is 49.9 Å². The Labute approximate surface area is 165 Å². The monoisotopic (exact) mass is 405 g/mol. The standard InChI is InChI=1S/C20H27N3O4S/c1-3-4-9-21-20(25)17-13-19(24)22-18-6-5-15(12-16(17)18)28(26,27)23-10-7-14(2)8-11-23/h5-6,12-14H,3-4,7-11H2,1-2H3,(H,21,25)(H,22,24). The molecular formula is C20H27N3O4S. The van der Waals surface area contributed by atoms with Gasteiger partial charge in [-0.15, -0.1) is 0 Å². The molecule has 1 aromatic heterocycles. The molecule has 1 aromatic carbocycles.